The fourth-order valence-corrected chi connectivity index (χ4v) is 3.27. The molecule has 5 heteroatoms. The monoisotopic (exact) mass is 320 g/mol. The third-order valence-corrected chi connectivity index (χ3v) is 4.52. The first-order chi connectivity index (χ1) is 10.6. The Morgan fingerprint density at radius 1 is 1.35 bits per heavy atom. The number of carbonyl (C=O) groups is 1. The lowest BCUT2D eigenvalue weighted by Crippen LogP contribution is -2.27. The van der Waals surface area contributed by atoms with Gasteiger partial charge >= 0.3 is 6.09 Å². The molecule has 0 saturated heterocycles. The van der Waals surface area contributed by atoms with Crippen molar-refractivity contribution in [1.82, 2.24) is 0 Å². The van der Waals surface area contributed by atoms with Crippen LogP contribution in [0.3, 0.4) is 0 Å². The molecule has 1 aromatic carbocycles. The Balaban J connectivity index is 2.16. The zero-order valence-corrected chi connectivity index (χ0v) is 14.9. The zero-order chi connectivity index (χ0) is 17.4. The van der Waals surface area contributed by atoms with Crippen molar-refractivity contribution in [3.8, 4) is 5.75 Å². The smallest absolute Gasteiger partial charge is 0.412 e. The van der Waals surface area contributed by atoms with Gasteiger partial charge in [0.1, 0.15) is 11.4 Å². The number of nitrogens with two attached hydrogens (primary N) is 1. The molecule has 3 N–H and O–H groups in total. The van der Waals surface area contributed by atoms with Crippen LogP contribution in [0.25, 0.3) is 0 Å². The van der Waals surface area contributed by atoms with Crippen LogP contribution in [-0.4, -0.2) is 25.3 Å². The maximum atomic E-state index is 11.9. The molecule has 1 amide bonds. The number of amides is 1. The van der Waals surface area contributed by atoms with Gasteiger partial charge in [-0.05, 0) is 56.2 Å². The van der Waals surface area contributed by atoms with E-state index >= 15 is 0 Å². The van der Waals surface area contributed by atoms with Crippen molar-refractivity contribution in [2.75, 3.05) is 19.0 Å². The molecule has 0 heterocycles. The van der Waals surface area contributed by atoms with E-state index in [0.29, 0.717) is 24.1 Å². The van der Waals surface area contributed by atoms with Gasteiger partial charge in [-0.25, -0.2) is 4.79 Å². The van der Waals surface area contributed by atoms with E-state index in [9.17, 15) is 4.79 Å². The average Bonchev–Trinajstić information content (AvgIpc) is 2.97. The van der Waals surface area contributed by atoms with E-state index in [-0.39, 0.29) is 5.41 Å². The highest BCUT2D eigenvalue weighted by atomic mass is 16.6. The van der Waals surface area contributed by atoms with E-state index in [1.54, 1.807) is 7.11 Å². The highest BCUT2D eigenvalue weighted by Crippen LogP contribution is 2.65. The molecule has 1 aliphatic carbocycles. The molecule has 5 nitrogen and oxygen atoms in total. The highest BCUT2D eigenvalue weighted by Gasteiger charge is 2.58. The van der Waals surface area contributed by atoms with E-state index < -0.39 is 11.7 Å². The molecule has 0 aliphatic heterocycles. The molecule has 128 valence electrons. The van der Waals surface area contributed by atoms with Crippen molar-refractivity contribution in [2.24, 2.45) is 17.1 Å². The molecule has 0 spiro atoms. The minimum absolute atomic E-state index is 0.183. The van der Waals surface area contributed by atoms with Crippen molar-refractivity contribution in [3.05, 3.63) is 23.8 Å². The molecule has 2 atom stereocenters. The van der Waals surface area contributed by atoms with E-state index in [0.717, 1.165) is 11.3 Å². The van der Waals surface area contributed by atoms with Crippen LogP contribution in [-0.2, 0) is 4.74 Å². The van der Waals surface area contributed by atoms with Gasteiger partial charge in [0.15, 0.2) is 0 Å². The van der Waals surface area contributed by atoms with Crippen LogP contribution in [0.1, 0.15) is 46.1 Å². The largest absolute Gasteiger partial charge is 0.496 e. The summed E-state index contributed by atoms with van der Waals surface area (Å²) in [4.78, 5) is 11.9. The number of benzene rings is 1. The van der Waals surface area contributed by atoms with Crippen LogP contribution in [0.4, 0.5) is 10.5 Å². The van der Waals surface area contributed by atoms with Gasteiger partial charge in [-0.1, -0.05) is 19.9 Å². The lowest BCUT2D eigenvalue weighted by Gasteiger charge is -2.20. The molecule has 2 rings (SSSR count). The Labute approximate surface area is 138 Å². The van der Waals surface area contributed by atoms with Crippen LogP contribution in [0, 0.1) is 11.3 Å². The number of anilines is 1. The molecule has 0 radical (unpaired) electrons. The summed E-state index contributed by atoms with van der Waals surface area (Å²) in [7, 11) is 1.64. The second-order valence-corrected chi connectivity index (χ2v) is 7.72. The third-order valence-electron chi connectivity index (χ3n) is 4.52. The summed E-state index contributed by atoms with van der Waals surface area (Å²) >= 11 is 0. The number of hydrogen-bond acceptors (Lipinski definition) is 4. The number of methoxy groups -OCH3 is 1. The lowest BCUT2D eigenvalue weighted by atomic mass is 10.0. The van der Waals surface area contributed by atoms with Crippen molar-refractivity contribution in [2.45, 2.75) is 46.1 Å². The Morgan fingerprint density at radius 2 is 2.00 bits per heavy atom. The number of rotatable bonds is 4. The normalized spacial score (nSPS) is 22.4. The van der Waals surface area contributed by atoms with Gasteiger partial charge in [-0.3, -0.25) is 5.32 Å². The summed E-state index contributed by atoms with van der Waals surface area (Å²) in [6.45, 7) is 10.6. The quantitative estimate of drug-likeness (QED) is 0.886. The van der Waals surface area contributed by atoms with Gasteiger partial charge in [0.05, 0.1) is 7.11 Å². The SMILES string of the molecule is COc1cc(NC(=O)OC(C)(C)C)ccc1C1C(CN)C1(C)C. The number of hydrogen-bond donors (Lipinski definition) is 2. The molecule has 23 heavy (non-hydrogen) atoms. The Morgan fingerprint density at radius 3 is 2.48 bits per heavy atom. The molecule has 0 bridgehead atoms. The first-order valence-electron chi connectivity index (χ1n) is 7.98. The summed E-state index contributed by atoms with van der Waals surface area (Å²) in [5.41, 5.74) is 7.32. The molecule has 1 saturated carbocycles. The number of nitrogens with one attached hydrogen (secondary N) is 1. The van der Waals surface area contributed by atoms with Gasteiger partial charge in [-0.15, -0.1) is 0 Å². The zero-order valence-electron chi connectivity index (χ0n) is 14.9. The first-order valence-corrected chi connectivity index (χ1v) is 7.98. The van der Waals surface area contributed by atoms with Crippen molar-refractivity contribution in [1.29, 1.82) is 0 Å². The Kier molecular flexibility index (Phi) is 4.62. The van der Waals surface area contributed by atoms with Gasteiger partial charge < -0.3 is 15.2 Å². The van der Waals surface area contributed by atoms with Crippen LogP contribution in [0.5, 0.6) is 5.75 Å². The van der Waals surface area contributed by atoms with Crippen molar-refractivity contribution < 1.29 is 14.3 Å². The maximum absolute atomic E-state index is 11.9. The Hall–Kier alpha value is -1.75. The lowest BCUT2D eigenvalue weighted by molar-refractivity contribution is 0.0636. The summed E-state index contributed by atoms with van der Waals surface area (Å²) in [6.07, 6.45) is -0.473. The fourth-order valence-electron chi connectivity index (χ4n) is 3.27. The van der Waals surface area contributed by atoms with E-state index in [2.05, 4.69) is 19.2 Å². The van der Waals surface area contributed by atoms with Crippen LogP contribution >= 0.6 is 0 Å². The molecule has 1 aromatic rings. The topological polar surface area (TPSA) is 73.6 Å². The second kappa shape index (κ2) is 6.04. The van der Waals surface area contributed by atoms with Gasteiger partial charge in [-0.2, -0.15) is 0 Å². The van der Waals surface area contributed by atoms with Crippen LogP contribution in [0.15, 0.2) is 18.2 Å². The van der Waals surface area contributed by atoms with Gasteiger partial charge in [0.2, 0.25) is 0 Å². The third kappa shape index (κ3) is 3.78. The fraction of sp³-hybridized carbons (Fsp3) is 0.611. The van der Waals surface area contributed by atoms with E-state index in [1.807, 2.05) is 39.0 Å². The second-order valence-electron chi connectivity index (χ2n) is 7.72. The summed E-state index contributed by atoms with van der Waals surface area (Å²) in [5, 5.41) is 2.74. The number of ether oxygens (including phenoxy) is 2. The number of carbonyl (C=O) groups excluding carboxylic acids is 1. The summed E-state index contributed by atoms with van der Waals surface area (Å²) in [6, 6.07) is 5.72. The Bertz CT molecular complexity index is 590. The molecule has 1 fully saturated rings. The van der Waals surface area contributed by atoms with Crippen LogP contribution in [0.2, 0.25) is 0 Å². The minimum atomic E-state index is -0.527. The summed E-state index contributed by atoms with van der Waals surface area (Å²) in [5.74, 6) is 1.62. The average molecular weight is 320 g/mol. The standard InChI is InChI=1S/C18H28N2O3/c1-17(2,3)23-16(21)20-11-7-8-12(14(9-11)22-6)15-13(10-19)18(15,4)5/h7-9,13,15H,10,19H2,1-6H3,(H,20,21). The predicted molar refractivity (Wildman–Crippen MR) is 91.9 cm³/mol. The molecular formula is C18H28N2O3. The minimum Gasteiger partial charge on any atom is -0.496 e. The highest BCUT2D eigenvalue weighted by molar-refractivity contribution is 5.85. The van der Waals surface area contributed by atoms with Crippen molar-refractivity contribution >= 4 is 11.8 Å². The predicted octanol–water partition coefficient (Wildman–Crippen LogP) is 3.74. The van der Waals surface area contributed by atoms with E-state index in [1.165, 1.54) is 0 Å². The molecule has 1 aliphatic rings. The summed E-state index contributed by atoms with van der Waals surface area (Å²) < 4.78 is 10.8. The van der Waals surface area contributed by atoms with E-state index in [4.69, 9.17) is 15.2 Å². The molecular weight excluding hydrogens is 292 g/mol. The van der Waals surface area contributed by atoms with Gasteiger partial charge in [0, 0.05) is 11.8 Å². The maximum Gasteiger partial charge on any atom is 0.412 e. The van der Waals surface area contributed by atoms with Gasteiger partial charge in [0.25, 0.3) is 0 Å². The molecule has 0 aromatic heterocycles. The first kappa shape index (κ1) is 17.6. The molecule has 2 unspecified atom stereocenters. The van der Waals surface area contributed by atoms with Crippen molar-refractivity contribution in [3.63, 3.8) is 0 Å². The van der Waals surface area contributed by atoms with Crippen LogP contribution < -0.4 is 15.8 Å².